The van der Waals surface area contributed by atoms with Crippen molar-refractivity contribution in [2.24, 2.45) is 23.7 Å². The van der Waals surface area contributed by atoms with Crippen LogP contribution in [0.2, 0.25) is 19.6 Å². The fourth-order valence-electron chi connectivity index (χ4n) is 10.6. The van der Waals surface area contributed by atoms with Crippen LogP contribution >= 0.6 is 0 Å². The summed E-state index contributed by atoms with van der Waals surface area (Å²) in [5.41, 5.74) is 14.4. The quantitative estimate of drug-likeness (QED) is 0.130. The molecule has 0 amide bonds. The zero-order chi connectivity index (χ0) is 36.6. The lowest BCUT2D eigenvalue weighted by Crippen LogP contribution is -2.55. The van der Waals surface area contributed by atoms with Gasteiger partial charge in [-0.15, -0.1) is 0 Å². The van der Waals surface area contributed by atoms with E-state index in [4.69, 9.17) is 16.5 Å². The molecule has 5 heteroatoms. The number of allylic oxidation sites excluding steroid dienone is 1. The van der Waals surface area contributed by atoms with Gasteiger partial charge in [0.1, 0.15) is 5.82 Å². The predicted octanol–water partition coefficient (Wildman–Crippen LogP) is 9.84. The monoisotopic (exact) mass is 716 g/mol. The maximum Gasteiger partial charge on any atom is 0.218 e. The number of rotatable bonds is 6. The minimum Gasteiger partial charge on any atom is -0.241 e. The van der Waals surface area contributed by atoms with Crippen LogP contribution in [0.3, 0.4) is 0 Å². The fraction of sp³-hybridized carbons (Fsp3) is 0.417. The smallest absolute Gasteiger partial charge is 0.218 e. The molecule has 3 unspecified atom stereocenters. The van der Waals surface area contributed by atoms with Crippen LogP contribution in [0.15, 0.2) is 91.9 Å². The van der Waals surface area contributed by atoms with Crippen molar-refractivity contribution in [2.45, 2.75) is 104 Å². The SMILES string of the molecule is C=C1CC2C(CCc3ccccc3-c3cc(CC(C)C)c(-c4ccccc4)c[n+]31)c1nc(C)ncc1-c1cc(CC3CC4CC3C4)c([Si](C)(C)C)c[n+]12. The van der Waals surface area contributed by atoms with Crippen LogP contribution in [0, 0.1) is 30.6 Å². The second-order valence-electron chi connectivity index (χ2n) is 18.3. The third-order valence-corrected chi connectivity index (χ3v) is 15.2. The Labute approximate surface area is 318 Å². The van der Waals surface area contributed by atoms with Gasteiger partial charge in [-0.2, -0.15) is 9.13 Å². The number of nitrogens with zero attached hydrogens (tertiary/aromatic N) is 4. The van der Waals surface area contributed by atoms with Crippen molar-refractivity contribution >= 4 is 19.0 Å². The van der Waals surface area contributed by atoms with E-state index >= 15 is 0 Å². The molecule has 53 heavy (non-hydrogen) atoms. The Morgan fingerprint density at radius 1 is 0.868 bits per heavy atom. The summed E-state index contributed by atoms with van der Waals surface area (Å²) in [5, 5.41) is 1.63. The van der Waals surface area contributed by atoms with Crippen molar-refractivity contribution in [2.75, 3.05) is 0 Å². The third kappa shape index (κ3) is 6.23. The van der Waals surface area contributed by atoms with Gasteiger partial charge in [0.05, 0.1) is 31.7 Å². The predicted molar refractivity (Wildman–Crippen MR) is 220 cm³/mol. The second kappa shape index (κ2) is 13.3. The van der Waals surface area contributed by atoms with Crippen molar-refractivity contribution in [3.05, 3.63) is 120 Å². The van der Waals surface area contributed by atoms with Crippen LogP contribution in [0.1, 0.15) is 86.1 Å². The molecule has 270 valence electrons. The average Bonchev–Trinajstić information content (AvgIpc) is 3.70. The zero-order valence-corrected chi connectivity index (χ0v) is 33.7. The van der Waals surface area contributed by atoms with Gasteiger partial charge in [0, 0.05) is 34.6 Å². The summed E-state index contributed by atoms with van der Waals surface area (Å²) in [5.74, 6) is 4.40. The first-order chi connectivity index (χ1) is 25.5. The highest BCUT2D eigenvalue weighted by molar-refractivity contribution is 6.89. The number of benzene rings is 2. The van der Waals surface area contributed by atoms with E-state index in [1.807, 2.05) is 0 Å². The largest absolute Gasteiger partial charge is 0.241 e. The third-order valence-electron chi connectivity index (χ3n) is 13.1. The lowest BCUT2D eigenvalue weighted by atomic mass is 9.79. The van der Waals surface area contributed by atoms with Gasteiger partial charge < -0.3 is 0 Å². The molecule has 3 aliphatic carbocycles. The zero-order valence-electron chi connectivity index (χ0n) is 32.7. The van der Waals surface area contributed by atoms with Gasteiger partial charge in [-0.25, -0.2) is 9.97 Å². The van der Waals surface area contributed by atoms with Crippen molar-refractivity contribution in [1.82, 2.24) is 9.97 Å². The molecule has 0 spiro atoms. The van der Waals surface area contributed by atoms with Crippen LogP contribution in [0.25, 0.3) is 39.3 Å². The van der Waals surface area contributed by atoms with E-state index in [0.717, 1.165) is 55.0 Å². The summed E-state index contributed by atoms with van der Waals surface area (Å²) in [6.07, 6.45) is 16.6. The van der Waals surface area contributed by atoms with E-state index in [9.17, 15) is 0 Å². The summed E-state index contributed by atoms with van der Waals surface area (Å²) in [7, 11) is -1.68. The van der Waals surface area contributed by atoms with E-state index in [1.54, 1.807) is 10.8 Å². The van der Waals surface area contributed by atoms with E-state index in [2.05, 4.69) is 135 Å². The molecule has 10 rings (SSSR count). The highest BCUT2D eigenvalue weighted by atomic mass is 28.3. The average molecular weight is 717 g/mol. The van der Waals surface area contributed by atoms with Crippen LogP contribution in [0.4, 0.5) is 0 Å². The Bertz CT molecular complexity index is 2230. The summed E-state index contributed by atoms with van der Waals surface area (Å²) in [4.78, 5) is 10.1. The minimum atomic E-state index is -1.68. The molecule has 5 aliphatic rings. The Balaban J connectivity index is 1.24. The standard InChI is InChI=1S/C48H56N4Si/c1-30(2)19-38-25-45-40-16-12-11-15-35(40)17-18-41-44(20-31(3)51(45)28-43(38)34-13-9-8-10-14-34)52-29-47(53(5,6)7)39(24-37-23-33-21-36(37)22-33)26-46(52)42-27-49-32(4)50-48(41)42/h8-16,25-30,33,36-37,41,44H,3,17-24H2,1-2,4-7H3/q+2. The first-order valence-electron chi connectivity index (χ1n) is 20.3. The van der Waals surface area contributed by atoms with Gasteiger partial charge in [-0.3, -0.25) is 0 Å². The summed E-state index contributed by atoms with van der Waals surface area (Å²) in [6.45, 7) is 19.3. The van der Waals surface area contributed by atoms with Gasteiger partial charge in [0.25, 0.3) is 0 Å². The van der Waals surface area contributed by atoms with Crippen molar-refractivity contribution in [3.63, 3.8) is 0 Å². The number of aromatic nitrogens is 4. The number of hydrogen-bond acceptors (Lipinski definition) is 2. The molecule has 3 fully saturated rings. The molecular weight excluding hydrogens is 661 g/mol. The normalized spacial score (nSPS) is 23.0. The topological polar surface area (TPSA) is 33.5 Å². The van der Waals surface area contributed by atoms with Gasteiger partial charge in [-0.05, 0) is 110 Å². The van der Waals surface area contributed by atoms with E-state index in [0.29, 0.717) is 5.92 Å². The first kappa shape index (κ1) is 34.5. The van der Waals surface area contributed by atoms with Gasteiger partial charge in [-0.1, -0.05) is 82.0 Å². The van der Waals surface area contributed by atoms with E-state index in [1.165, 1.54) is 76.1 Å². The van der Waals surface area contributed by atoms with E-state index in [-0.39, 0.29) is 12.0 Å². The fourth-order valence-corrected chi connectivity index (χ4v) is 12.2. The summed E-state index contributed by atoms with van der Waals surface area (Å²) >= 11 is 0. The van der Waals surface area contributed by atoms with Crippen molar-refractivity contribution < 1.29 is 9.13 Å². The number of aryl methyl sites for hydroxylation is 2. The Kier molecular flexibility index (Phi) is 8.64. The minimum absolute atomic E-state index is 0.198. The first-order valence-corrected chi connectivity index (χ1v) is 23.8. The number of pyridine rings is 2. The van der Waals surface area contributed by atoms with Crippen LogP contribution in [-0.2, 0) is 19.3 Å². The molecule has 0 saturated heterocycles. The second-order valence-corrected chi connectivity index (χ2v) is 23.4. The molecular formula is C48H56N4Si+2. The van der Waals surface area contributed by atoms with Crippen LogP contribution in [0.5, 0.6) is 0 Å². The summed E-state index contributed by atoms with van der Waals surface area (Å²) in [6, 6.07) is 25.4. The van der Waals surface area contributed by atoms with Crippen molar-refractivity contribution in [1.29, 1.82) is 0 Å². The maximum atomic E-state index is 5.31. The van der Waals surface area contributed by atoms with Crippen molar-refractivity contribution in [3.8, 4) is 33.6 Å². The summed E-state index contributed by atoms with van der Waals surface area (Å²) < 4.78 is 5.13. The highest BCUT2D eigenvalue weighted by Crippen LogP contribution is 2.53. The Morgan fingerprint density at radius 2 is 1.62 bits per heavy atom. The molecule has 5 aromatic rings. The molecule has 0 radical (unpaired) electrons. The van der Waals surface area contributed by atoms with Crippen LogP contribution in [-0.4, -0.2) is 18.0 Å². The molecule has 2 bridgehead atoms. The Morgan fingerprint density at radius 3 is 2.36 bits per heavy atom. The molecule has 2 aliphatic heterocycles. The Hall–Kier alpha value is -4.22. The lowest BCUT2D eigenvalue weighted by molar-refractivity contribution is -0.719. The molecule has 2 aromatic carbocycles. The molecule has 3 aromatic heterocycles. The van der Waals surface area contributed by atoms with Gasteiger partial charge in [0.15, 0.2) is 24.1 Å². The van der Waals surface area contributed by atoms with Crippen LogP contribution < -0.4 is 14.3 Å². The van der Waals surface area contributed by atoms with Gasteiger partial charge in [0.2, 0.25) is 11.4 Å². The van der Waals surface area contributed by atoms with Gasteiger partial charge >= 0.3 is 0 Å². The molecule has 3 saturated carbocycles. The molecule has 0 N–H and O–H groups in total. The highest BCUT2D eigenvalue weighted by Gasteiger charge is 2.47. The molecule has 4 nitrogen and oxygen atoms in total. The maximum absolute atomic E-state index is 5.31. The number of hydrogen-bond donors (Lipinski definition) is 0. The lowest BCUT2D eigenvalue weighted by Gasteiger charge is -2.32. The molecule has 5 heterocycles. The number of fused-ring (bicyclic) bond motifs is 10. The molecule has 3 atom stereocenters. The van der Waals surface area contributed by atoms with E-state index < -0.39 is 8.07 Å².